The molecule has 3 aromatic rings. The van der Waals surface area contributed by atoms with Gasteiger partial charge in [-0.3, -0.25) is 0 Å². The highest BCUT2D eigenvalue weighted by molar-refractivity contribution is 5.96. The molecule has 3 rings (SSSR count). The van der Waals surface area contributed by atoms with E-state index in [9.17, 15) is 10.1 Å². The van der Waals surface area contributed by atoms with Crippen molar-refractivity contribution in [3.8, 4) is 11.8 Å². The molecular weight excluding hydrogens is 332 g/mol. The molecule has 7 nitrogen and oxygen atoms in total. The first kappa shape index (κ1) is 17.2. The third-order valence-corrected chi connectivity index (χ3v) is 4.05. The summed E-state index contributed by atoms with van der Waals surface area (Å²) in [5, 5.41) is 12.6. The molecule has 0 aliphatic rings. The van der Waals surface area contributed by atoms with Crippen LogP contribution in [0.5, 0.6) is 0 Å². The molecule has 0 aliphatic heterocycles. The van der Waals surface area contributed by atoms with Crippen LogP contribution in [0.3, 0.4) is 0 Å². The fourth-order valence-electron chi connectivity index (χ4n) is 2.75. The van der Waals surface area contributed by atoms with Crippen LogP contribution < -0.4 is 11.1 Å². The van der Waals surface area contributed by atoms with Gasteiger partial charge in [-0.1, -0.05) is 12.1 Å². The number of carbonyl (C=O) groups is 1. The third-order valence-electron chi connectivity index (χ3n) is 4.05. The summed E-state index contributed by atoms with van der Waals surface area (Å²) in [6.07, 6.45) is 3.14. The van der Waals surface area contributed by atoms with Gasteiger partial charge in [-0.2, -0.15) is 5.26 Å². The smallest absolute Gasteiger partial charge is 0.357 e. The molecule has 0 radical (unpaired) electrons. The Bertz CT molecular complexity index is 967. The second-order valence-corrected chi connectivity index (χ2v) is 5.68. The number of esters is 1. The maximum atomic E-state index is 12.2. The highest BCUT2D eigenvalue weighted by Crippen LogP contribution is 2.30. The molecule has 1 atom stereocenters. The molecule has 0 saturated carbocycles. The van der Waals surface area contributed by atoms with Crippen LogP contribution in [0.15, 0.2) is 53.3 Å². The van der Waals surface area contributed by atoms with E-state index in [2.05, 4.69) is 5.32 Å². The van der Waals surface area contributed by atoms with E-state index in [0.717, 1.165) is 11.4 Å². The molecule has 2 aromatic heterocycles. The summed E-state index contributed by atoms with van der Waals surface area (Å²) >= 11 is 0. The van der Waals surface area contributed by atoms with Gasteiger partial charge in [0.05, 0.1) is 42.0 Å². The zero-order valence-electron chi connectivity index (χ0n) is 14.4. The fourth-order valence-corrected chi connectivity index (χ4v) is 2.75. The standard InChI is InChI=1S/C19H18N4O3/c1-12(16-8-5-9-26-16)22-14-6-3-4-7-15(14)23-11-13(10-20)17(21)18(23)19(24)25-2/h3-9,11-12,22H,21H2,1-2H3. The number of benzene rings is 1. The summed E-state index contributed by atoms with van der Waals surface area (Å²) in [6, 6.07) is 13.0. The SMILES string of the molecule is COC(=O)c1c(N)c(C#N)cn1-c1ccccc1NC(C)c1ccco1. The molecule has 26 heavy (non-hydrogen) atoms. The van der Waals surface area contributed by atoms with Gasteiger partial charge in [0.1, 0.15) is 11.8 Å². The van der Waals surface area contributed by atoms with E-state index in [0.29, 0.717) is 5.69 Å². The largest absolute Gasteiger partial charge is 0.467 e. The van der Waals surface area contributed by atoms with Crippen LogP contribution in [-0.2, 0) is 4.74 Å². The van der Waals surface area contributed by atoms with Gasteiger partial charge in [0.15, 0.2) is 5.69 Å². The molecule has 0 fully saturated rings. The van der Waals surface area contributed by atoms with Crippen LogP contribution in [0.2, 0.25) is 0 Å². The Morgan fingerprint density at radius 1 is 1.35 bits per heavy atom. The van der Waals surface area contributed by atoms with Crippen LogP contribution in [0, 0.1) is 11.3 Å². The Labute approximate surface area is 150 Å². The van der Waals surface area contributed by atoms with E-state index >= 15 is 0 Å². The monoisotopic (exact) mass is 350 g/mol. The zero-order chi connectivity index (χ0) is 18.7. The lowest BCUT2D eigenvalue weighted by molar-refractivity contribution is 0.0593. The minimum absolute atomic E-state index is 0.0910. The number of ether oxygens (including phenoxy) is 1. The lowest BCUT2D eigenvalue weighted by atomic mass is 10.2. The molecule has 1 aromatic carbocycles. The van der Waals surface area contributed by atoms with Gasteiger partial charge in [-0.25, -0.2) is 4.79 Å². The summed E-state index contributed by atoms with van der Waals surface area (Å²) in [7, 11) is 1.27. The second kappa shape index (κ2) is 7.07. The van der Waals surface area contributed by atoms with Crippen molar-refractivity contribution >= 4 is 17.3 Å². The highest BCUT2D eigenvalue weighted by atomic mass is 16.5. The number of methoxy groups -OCH3 is 1. The van der Waals surface area contributed by atoms with Crippen LogP contribution in [0.4, 0.5) is 11.4 Å². The summed E-state index contributed by atoms with van der Waals surface area (Å²) < 4.78 is 11.8. The predicted octanol–water partition coefficient (Wildman–Crippen LogP) is 3.48. The van der Waals surface area contributed by atoms with Crippen molar-refractivity contribution in [1.29, 1.82) is 5.26 Å². The van der Waals surface area contributed by atoms with E-state index < -0.39 is 5.97 Å². The topological polar surface area (TPSA) is 106 Å². The quantitative estimate of drug-likeness (QED) is 0.682. The first-order valence-corrected chi connectivity index (χ1v) is 7.95. The number of carbonyl (C=O) groups excluding carboxylic acids is 1. The zero-order valence-corrected chi connectivity index (χ0v) is 14.4. The number of nitrogens with one attached hydrogen (secondary N) is 1. The first-order valence-electron chi connectivity index (χ1n) is 7.95. The molecule has 2 heterocycles. The number of furan rings is 1. The van der Waals surface area contributed by atoms with Crippen molar-refractivity contribution in [2.45, 2.75) is 13.0 Å². The van der Waals surface area contributed by atoms with Crippen LogP contribution in [-0.4, -0.2) is 17.6 Å². The summed E-state index contributed by atoms with van der Waals surface area (Å²) in [5.41, 5.74) is 7.81. The number of rotatable bonds is 5. The molecule has 1 unspecified atom stereocenters. The van der Waals surface area contributed by atoms with E-state index in [1.165, 1.54) is 13.3 Å². The lowest BCUT2D eigenvalue weighted by Gasteiger charge is -2.18. The molecular formula is C19H18N4O3. The Morgan fingerprint density at radius 3 is 2.77 bits per heavy atom. The molecule has 0 aliphatic carbocycles. The van der Waals surface area contributed by atoms with Crippen molar-refractivity contribution in [3.05, 3.63) is 65.9 Å². The Hall–Kier alpha value is -3.66. The number of para-hydroxylation sites is 2. The average molecular weight is 350 g/mol. The molecule has 0 amide bonds. The number of hydrogen-bond acceptors (Lipinski definition) is 6. The van der Waals surface area contributed by atoms with E-state index in [1.807, 2.05) is 49.4 Å². The van der Waals surface area contributed by atoms with Crippen LogP contribution in [0.25, 0.3) is 5.69 Å². The van der Waals surface area contributed by atoms with E-state index in [1.54, 1.807) is 10.8 Å². The maximum absolute atomic E-state index is 12.2. The average Bonchev–Trinajstić information content (AvgIpc) is 3.29. The van der Waals surface area contributed by atoms with Crippen molar-refractivity contribution in [1.82, 2.24) is 4.57 Å². The van der Waals surface area contributed by atoms with Gasteiger partial charge in [0.25, 0.3) is 0 Å². The Kier molecular flexibility index (Phi) is 4.67. The molecule has 132 valence electrons. The van der Waals surface area contributed by atoms with Crippen molar-refractivity contribution in [3.63, 3.8) is 0 Å². The summed E-state index contributed by atoms with van der Waals surface area (Å²) in [5.74, 6) is 0.163. The van der Waals surface area contributed by atoms with Gasteiger partial charge in [-0.05, 0) is 31.2 Å². The molecule has 7 heteroatoms. The molecule has 0 spiro atoms. The number of anilines is 2. The van der Waals surface area contributed by atoms with Crippen molar-refractivity contribution in [2.24, 2.45) is 0 Å². The van der Waals surface area contributed by atoms with E-state index in [-0.39, 0.29) is 23.0 Å². The second-order valence-electron chi connectivity index (χ2n) is 5.68. The van der Waals surface area contributed by atoms with Gasteiger partial charge in [-0.15, -0.1) is 0 Å². The third kappa shape index (κ3) is 3.00. The maximum Gasteiger partial charge on any atom is 0.357 e. The molecule has 3 N–H and O–H groups in total. The van der Waals surface area contributed by atoms with Gasteiger partial charge in [0, 0.05) is 6.20 Å². The van der Waals surface area contributed by atoms with E-state index in [4.69, 9.17) is 14.9 Å². The number of hydrogen-bond donors (Lipinski definition) is 2. The van der Waals surface area contributed by atoms with Gasteiger partial charge < -0.3 is 24.8 Å². The summed E-state index contributed by atoms with van der Waals surface area (Å²) in [6.45, 7) is 1.96. The fraction of sp³-hybridized carbons (Fsp3) is 0.158. The normalized spacial score (nSPS) is 11.6. The number of nitrogen functional groups attached to an aromatic ring is 1. The van der Waals surface area contributed by atoms with Crippen LogP contribution in [0.1, 0.15) is 34.8 Å². The van der Waals surface area contributed by atoms with Crippen molar-refractivity contribution in [2.75, 3.05) is 18.2 Å². The first-order chi connectivity index (χ1) is 12.6. The van der Waals surface area contributed by atoms with Gasteiger partial charge in [0.2, 0.25) is 0 Å². The minimum Gasteiger partial charge on any atom is -0.467 e. The van der Waals surface area contributed by atoms with Crippen molar-refractivity contribution < 1.29 is 13.9 Å². The number of nitriles is 1. The number of nitrogens with zero attached hydrogens (tertiary/aromatic N) is 2. The molecule has 0 saturated heterocycles. The summed E-state index contributed by atoms with van der Waals surface area (Å²) in [4.78, 5) is 12.2. The van der Waals surface area contributed by atoms with Gasteiger partial charge >= 0.3 is 5.97 Å². The van der Waals surface area contributed by atoms with Crippen LogP contribution >= 0.6 is 0 Å². The lowest BCUT2D eigenvalue weighted by Crippen LogP contribution is -2.13. The number of nitrogens with two attached hydrogens (primary N) is 1. The predicted molar refractivity (Wildman–Crippen MR) is 97.0 cm³/mol. The highest BCUT2D eigenvalue weighted by Gasteiger charge is 2.23. The minimum atomic E-state index is -0.613. The Morgan fingerprint density at radius 2 is 2.12 bits per heavy atom. The Balaban J connectivity index is 2.08. The number of aromatic nitrogens is 1. The molecule has 0 bridgehead atoms.